The summed E-state index contributed by atoms with van der Waals surface area (Å²) in [7, 11) is 0. The molecular weight excluding hydrogens is 698 g/mol. The molecule has 14 nitrogen and oxygen atoms in total. The van der Waals surface area contributed by atoms with E-state index in [0.29, 0.717) is 39.9 Å². The fourth-order valence-electron chi connectivity index (χ4n) is 6.27. The standard InChI is InChI=1S/C38H38ClN9O5/c1-23-18-24(2)48-34(41-23)29(19-40-48)35(49)42-26-12-10-25(11-13-26)31-21-46(44-43-31)20-27-14-15-33(52-27)36(50)47-17-16-45(37(51)53-38(3,4)5)22-32(47)28-8-6-7-9-30(28)39/h6-15,18-19,21,32H,16-17,20,22H2,1-5H3,(H,42,49). The van der Waals surface area contributed by atoms with Crippen molar-refractivity contribution in [1.82, 2.24) is 39.4 Å². The summed E-state index contributed by atoms with van der Waals surface area (Å²) in [6.45, 7) is 10.2. The van der Waals surface area contributed by atoms with Crippen LogP contribution in [0.3, 0.4) is 0 Å². The van der Waals surface area contributed by atoms with Crippen LogP contribution in [-0.4, -0.2) is 82.5 Å². The van der Waals surface area contributed by atoms with E-state index < -0.39 is 17.7 Å². The average molecular weight is 736 g/mol. The van der Waals surface area contributed by atoms with Crippen LogP contribution in [0.15, 0.2) is 83.5 Å². The molecule has 3 amide bonds. The van der Waals surface area contributed by atoms with Crippen molar-refractivity contribution in [2.24, 2.45) is 0 Å². The second kappa shape index (κ2) is 14.2. The second-order valence-corrected chi connectivity index (χ2v) is 14.3. The largest absolute Gasteiger partial charge is 0.454 e. The maximum atomic E-state index is 13.9. The van der Waals surface area contributed by atoms with Crippen LogP contribution in [0.1, 0.15) is 70.4 Å². The van der Waals surface area contributed by atoms with Crippen molar-refractivity contribution in [3.63, 3.8) is 0 Å². The van der Waals surface area contributed by atoms with Crippen LogP contribution < -0.4 is 5.32 Å². The van der Waals surface area contributed by atoms with Crippen molar-refractivity contribution < 1.29 is 23.5 Å². The number of aromatic nitrogens is 6. The Morgan fingerprint density at radius 1 is 1.02 bits per heavy atom. The van der Waals surface area contributed by atoms with Crippen molar-refractivity contribution in [1.29, 1.82) is 0 Å². The Bertz CT molecular complexity index is 2320. The number of nitrogens with one attached hydrogen (secondary N) is 1. The maximum absolute atomic E-state index is 13.9. The molecule has 0 spiro atoms. The average Bonchev–Trinajstić information content (AvgIpc) is 3.88. The quantitative estimate of drug-likeness (QED) is 0.191. The number of amides is 3. The van der Waals surface area contributed by atoms with E-state index in [1.807, 2.05) is 71.0 Å². The molecule has 6 aromatic rings. The van der Waals surface area contributed by atoms with Crippen molar-refractivity contribution in [2.45, 2.75) is 52.8 Å². The van der Waals surface area contributed by atoms with Crippen molar-refractivity contribution >= 4 is 40.8 Å². The molecular formula is C38H38ClN9O5. The summed E-state index contributed by atoms with van der Waals surface area (Å²) in [6, 6.07) is 19.3. The monoisotopic (exact) mass is 735 g/mol. The van der Waals surface area contributed by atoms with Crippen LogP contribution in [0, 0.1) is 13.8 Å². The Hall–Kier alpha value is -6.02. The summed E-state index contributed by atoms with van der Waals surface area (Å²) in [5, 5.41) is 16.3. The molecule has 0 radical (unpaired) electrons. The number of furan rings is 1. The molecule has 0 aliphatic carbocycles. The number of ether oxygens (including phenoxy) is 1. The molecule has 1 aliphatic heterocycles. The third-order valence-electron chi connectivity index (χ3n) is 8.75. The first-order valence-corrected chi connectivity index (χ1v) is 17.5. The van der Waals surface area contributed by atoms with Gasteiger partial charge in [-0.05, 0) is 76.6 Å². The highest BCUT2D eigenvalue weighted by molar-refractivity contribution is 6.31. The fourth-order valence-corrected chi connectivity index (χ4v) is 6.53. The zero-order valence-corrected chi connectivity index (χ0v) is 30.7. The lowest BCUT2D eigenvalue weighted by Crippen LogP contribution is -2.53. The lowest BCUT2D eigenvalue weighted by Gasteiger charge is -2.41. The molecule has 1 atom stereocenters. The molecule has 272 valence electrons. The molecule has 15 heteroatoms. The first-order valence-electron chi connectivity index (χ1n) is 17.1. The van der Waals surface area contributed by atoms with Crippen LogP contribution in [0.2, 0.25) is 5.02 Å². The van der Waals surface area contributed by atoms with Crippen LogP contribution in [0.25, 0.3) is 16.9 Å². The molecule has 1 N–H and O–H groups in total. The van der Waals surface area contributed by atoms with E-state index >= 15 is 0 Å². The first-order chi connectivity index (χ1) is 25.3. The van der Waals surface area contributed by atoms with Gasteiger partial charge in [0.2, 0.25) is 0 Å². The number of rotatable bonds is 7. The summed E-state index contributed by atoms with van der Waals surface area (Å²) in [4.78, 5) is 47.7. The highest BCUT2D eigenvalue weighted by Crippen LogP contribution is 2.33. The van der Waals surface area contributed by atoms with Crippen molar-refractivity contribution in [2.75, 3.05) is 25.0 Å². The van der Waals surface area contributed by atoms with Gasteiger partial charge >= 0.3 is 6.09 Å². The third kappa shape index (κ3) is 7.63. The number of piperazine rings is 1. The van der Waals surface area contributed by atoms with Gasteiger partial charge in [0.1, 0.15) is 29.2 Å². The molecule has 7 rings (SSSR count). The molecule has 1 aliphatic rings. The van der Waals surface area contributed by atoms with Gasteiger partial charge in [-0.2, -0.15) is 5.10 Å². The predicted octanol–water partition coefficient (Wildman–Crippen LogP) is 6.59. The number of aryl methyl sites for hydroxylation is 2. The van der Waals surface area contributed by atoms with Crippen molar-refractivity contribution in [3.05, 3.63) is 118 Å². The van der Waals surface area contributed by atoms with Crippen LogP contribution >= 0.6 is 11.6 Å². The Kier molecular flexibility index (Phi) is 9.47. The van der Waals surface area contributed by atoms with Gasteiger partial charge in [-0.25, -0.2) is 19.0 Å². The minimum Gasteiger partial charge on any atom is -0.454 e. The number of fused-ring (bicyclic) bond motifs is 1. The van der Waals surface area contributed by atoms with Gasteiger partial charge in [0.05, 0.1) is 18.4 Å². The van der Waals surface area contributed by atoms with E-state index in [9.17, 15) is 14.4 Å². The van der Waals surface area contributed by atoms with Gasteiger partial charge in [0.25, 0.3) is 11.8 Å². The summed E-state index contributed by atoms with van der Waals surface area (Å²) in [5.74, 6) is 0.0394. The number of halogens is 1. The van der Waals surface area contributed by atoms with Crippen LogP contribution in [-0.2, 0) is 11.3 Å². The highest BCUT2D eigenvalue weighted by Gasteiger charge is 2.37. The minimum atomic E-state index is -0.655. The second-order valence-electron chi connectivity index (χ2n) is 13.9. The molecule has 0 saturated carbocycles. The van der Waals surface area contributed by atoms with Crippen LogP contribution in [0.4, 0.5) is 10.5 Å². The molecule has 4 aromatic heterocycles. The lowest BCUT2D eigenvalue weighted by atomic mass is 10.0. The van der Waals surface area contributed by atoms with Gasteiger partial charge in [-0.1, -0.05) is 47.1 Å². The number of hydrogen-bond donors (Lipinski definition) is 1. The first kappa shape index (κ1) is 35.4. The molecule has 1 fully saturated rings. The Morgan fingerprint density at radius 2 is 1.79 bits per heavy atom. The topological polar surface area (TPSA) is 153 Å². The smallest absolute Gasteiger partial charge is 0.410 e. The molecule has 5 heterocycles. The van der Waals surface area contributed by atoms with E-state index in [2.05, 4.69) is 25.7 Å². The molecule has 0 bridgehead atoms. The van der Waals surface area contributed by atoms with E-state index in [4.69, 9.17) is 20.8 Å². The fraction of sp³-hybridized carbons (Fsp3) is 0.289. The van der Waals surface area contributed by atoms with E-state index in [-0.39, 0.29) is 37.2 Å². The van der Waals surface area contributed by atoms with Crippen LogP contribution in [0.5, 0.6) is 0 Å². The normalized spacial score (nSPS) is 14.8. The highest BCUT2D eigenvalue weighted by atomic mass is 35.5. The van der Waals surface area contributed by atoms with Gasteiger partial charge < -0.3 is 24.3 Å². The molecule has 2 aromatic carbocycles. The van der Waals surface area contributed by atoms with E-state index in [0.717, 1.165) is 22.5 Å². The number of benzene rings is 2. The number of nitrogens with zero attached hydrogens (tertiary/aromatic N) is 8. The number of carbonyl (C=O) groups is 3. The molecule has 53 heavy (non-hydrogen) atoms. The SMILES string of the molecule is Cc1cc(C)n2ncc(C(=O)Nc3ccc(-c4cn(Cc5ccc(C(=O)N6CCN(C(=O)OC(C)(C)C)CC6c6ccccc6Cl)o5)nn4)cc3)c2n1. The minimum absolute atomic E-state index is 0.158. The van der Waals surface area contributed by atoms with E-state index in [1.165, 1.54) is 6.20 Å². The summed E-state index contributed by atoms with van der Waals surface area (Å²) in [5.41, 5.74) is 4.66. The summed E-state index contributed by atoms with van der Waals surface area (Å²) in [6.07, 6.45) is 2.84. The Balaban J connectivity index is 1.01. The predicted molar refractivity (Wildman–Crippen MR) is 197 cm³/mol. The summed E-state index contributed by atoms with van der Waals surface area (Å²) >= 11 is 6.59. The summed E-state index contributed by atoms with van der Waals surface area (Å²) < 4.78 is 14.9. The van der Waals surface area contributed by atoms with Crippen molar-refractivity contribution in [3.8, 4) is 11.3 Å². The maximum Gasteiger partial charge on any atom is 0.410 e. The Labute approximate surface area is 310 Å². The third-order valence-corrected chi connectivity index (χ3v) is 9.09. The number of anilines is 1. The van der Waals surface area contributed by atoms with Gasteiger partial charge in [0.15, 0.2) is 11.4 Å². The Morgan fingerprint density at radius 3 is 2.55 bits per heavy atom. The van der Waals surface area contributed by atoms with Gasteiger partial charge in [-0.3, -0.25) is 9.59 Å². The zero-order chi connectivity index (χ0) is 37.4. The zero-order valence-electron chi connectivity index (χ0n) is 29.9. The number of hydrogen-bond acceptors (Lipinski definition) is 9. The lowest BCUT2D eigenvalue weighted by molar-refractivity contribution is 0.00344. The number of carbonyl (C=O) groups excluding carboxylic acids is 3. The molecule has 1 saturated heterocycles. The molecule has 1 unspecified atom stereocenters. The van der Waals surface area contributed by atoms with E-state index in [1.54, 1.807) is 55.5 Å². The van der Waals surface area contributed by atoms with Gasteiger partial charge in [0, 0.05) is 47.3 Å². The van der Waals surface area contributed by atoms with Gasteiger partial charge in [-0.15, -0.1) is 5.10 Å².